The molecule has 2 nitrogen and oxygen atoms in total. The molecule has 1 aromatic rings. The predicted octanol–water partition coefficient (Wildman–Crippen LogP) is 4.11. The number of nitrogens with zero attached hydrogens (tertiary/aromatic N) is 1. The largest absolute Gasteiger partial charge is 0.371 e. The second kappa shape index (κ2) is 5.96. The van der Waals surface area contributed by atoms with Crippen LogP contribution in [0.1, 0.15) is 58.1 Å². The number of piperidine rings is 1. The van der Waals surface area contributed by atoms with Crippen LogP contribution in [0, 0.1) is 5.41 Å². The Bertz CT molecular complexity index is 388. The molecule has 1 atom stereocenters. The molecule has 1 unspecified atom stereocenters. The Morgan fingerprint density at radius 1 is 1.16 bits per heavy atom. The van der Waals surface area contributed by atoms with Gasteiger partial charge in [0, 0.05) is 24.8 Å². The SMILES string of the molecule is CCC(N)c1ccc(N2CCC(C)(CC)CC2)cc1. The van der Waals surface area contributed by atoms with Crippen molar-refractivity contribution in [1.29, 1.82) is 0 Å². The zero-order chi connectivity index (χ0) is 13.9. The van der Waals surface area contributed by atoms with Crippen LogP contribution in [-0.2, 0) is 0 Å². The maximum absolute atomic E-state index is 6.06. The van der Waals surface area contributed by atoms with Gasteiger partial charge in [-0.05, 0) is 42.4 Å². The van der Waals surface area contributed by atoms with Crippen LogP contribution in [0.3, 0.4) is 0 Å². The normalized spacial score (nSPS) is 20.3. The lowest BCUT2D eigenvalue weighted by Crippen LogP contribution is -2.38. The molecule has 2 heteroatoms. The van der Waals surface area contributed by atoms with E-state index in [-0.39, 0.29) is 6.04 Å². The average Bonchev–Trinajstić information content (AvgIpc) is 2.47. The Morgan fingerprint density at radius 2 is 1.74 bits per heavy atom. The Balaban J connectivity index is 2.00. The van der Waals surface area contributed by atoms with Crippen molar-refractivity contribution in [3.05, 3.63) is 29.8 Å². The summed E-state index contributed by atoms with van der Waals surface area (Å²) < 4.78 is 0. The fraction of sp³-hybridized carbons (Fsp3) is 0.647. The molecule has 0 saturated carbocycles. The molecule has 1 aliphatic heterocycles. The van der Waals surface area contributed by atoms with Crippen molar-refractivity contribution in [3.63, 3.8) is 0 Å². The standard InChI is InChI=1S/C17H28N2/c1-4-16(18)14-6-8-15(9-7-14)19-12-10-17(3,5-2)11-13-19/h6-9,16H,4-5,10-13,18H2,1-3H3. The molecule has 1 aromatic carbocycles. The summed E-state index contributed by atoms with van der Waals surface area (Å²) in [4.78, 5) is 2.51. The van der Waals surface area contributed by atoms with Crippen LogP contribution >= 0.6 is 0 Å². The van der Waals surface area contributed by atoms with Crippen molar-refractivity contribution >= 4 is 5.69 Å². The first kappa shape index (κ1) is 14.4. The van der Waals surface area contributed by atoms with Crippen molar-refractivity contribution in [2.75, 3.05) is 18.0 Å². The van der Waals surface area contributed by atoms with Crippen molar-refractivity contribution in [2.24, 2.45) is 11.1 Å². The van der Waals surface area contributed by atoms with Crippen molar-refractivity contribution in [1.82, 2.24) is 0 Å². The van der Waals surface area contributed by atoms with Gasteiger partial charge in [-0.2, -0.15) is 0 Å². The van der Waals surface area contributed by atoms with Crippen LogP contribution in [-0.4, -0.2) is 13.1 Å². The third-order valence-corrected chi connectivity index (χ3v) is 4.95. The Morgan fingerprint density at radius 3 is 2.21 bits per heavy atom. The number of anilines is 1. The van der Waals surface area contributed by atoms with E-state index in [0.29, 0.717) is 5.41 Å². The van der Waals surface area contributed by atoms with Gasteiger partial charge >= 0.3 is 0 Å². The van der Waals surface area contributed by atoms with Crippen LogP contribution in [0.15, 0.2) is 24.3 Å². The molecule has 0 aliphatic carbocycles. The first-order chi connectivity index (χ1) is 9.08. The Labute approximate surface area is 118 Å². The minimum Gasteiger partial charge on any atom is -0.371 e. The molecule has 1 saturated heterocycles. The van der Waals surface area contributed by atoms with E-state index in [4.69, 9.17) is 5.73 Å². The van der Waals surface area contributed by atoms with E-state index in [1.54, 1.807) is 0 Å². The van der Waals surface area contributed by atoms with Crippen LogP contribution in [0.4, 0.5) is 5.69 Å². The summed E-state index contributed by atoms with van der Waals surface area (Å²) in [5, 5.41) is 0. The minimum absolute atomic E-state index is 0.179. The smallest absolute Gasteiger partial charge is 0.0366 e. The summed E-state index contributed by atoms with van der Waals surface area (Å²) in [6.45, 7) is 9.24. The zero-order valence-electron chi connectivity index (χ0n) is 12.7. The first-order valence-corrected chi connectivity index (χ1v) is 7.68. The molecule has 0 radical (unpaired) electrons. The molecular formula is C17H28N2. The van der Waals surface area contributed by atoms with Gasteiger partial charge in [0.05, 0.1) is 0 Å². The first-order valence-electron chi connectivity index (χ1n) is 7.68. The molecule has 0 spiro atoms. The lowest BCUT2D eigenvalue weighted by molar-refractivity contribution is 0.238. The summed E-state index contributed by atoms with van der Waals surface area (Å²) in [7, 11) is 0. The minimum atomic E-state index is 0.179. The molecule has 0 aromatic heterocycles. The predicted molar refractivity (Wildman–Crippen MR) is 83.5 cm³/mol. The molecule has 19 heavy (non-hydrogen) atoms. The lowest BCUT2D eigenvalue weighted by atomic mass is 9.78. The molecular weight excluding hydrogens is 232 g/mol. The fourth-order valence-electron chi connectivity index (χ4n) is 2.83. The molecule has 1 fully saturated rings. The van der Waals surface area contributed by atoms with Crippen molar-refractivity contribution < 1.29 is 0 Å². The number of hydrogen-bond donors (Lipinski definition) is 1. The topological polar surface area (TPSA) is 29.3 Å². The molecule has 1 aliphatic rings. The Kier molecular flexibility index (Phi) is 4.51. The van der Waals surface area contributed by atoms with Crippen molar-refractivity contribution in [3.8, 4) is 0 Å². The fourth-order valence-corrected chi connectivity index (χ4v) is 2.83. The van der Waals surface area contributed by atoms with Crippen molar-refractivity contribution in [2.45, 2.75) is 52.5 Å². The van der Waals surface area contributed by atoms with Gasteiger partial charge in [-0.25, -0.2) is 0 Å². The van der Waals surface area contributed by atoms with Crippen LogP contribution in [0.5, 0.6) is 0 Å². The molecule has 1 heterocycles. The van der Waals surface area contributed by atoms with Gasteiger partial charge in [-0.3, -0.25) is 0 Å². The summed E-state index contributed by atoms with van der Waals surface area (Å²) in [6, 6.07) is 9.03. The van der Waals surface area contributed by atoms with Gasteiger partial charge in [-0.1, -0.05) is 39.3 Å². The molecule has 106 valence electrons. The highest BCUT2D eigenvalue weighted by Crippen LogP contribution is 2.35. The highest BCUT2D eigenvalue weighted by atomic mass is 15.1. The van der Waals surface area contributed by atoms with Gasteiger partial charge < -0.3 is 10.6 Å². The van der Waals surface area contributed by atoms with Crippen LogP contribution < -0.4 is 10.6 Å². The highest BCUT2D eigenvalue weighted by Gasteiger charge is 2.28. The third-order valence-electron chi connectivity index (χ3n) is 4.95. The number of benzene rings is 1. The van der Waals surface area contributed by atoms with E-state index in [1.807, 2.05) is 0 Å². The van der Waals surface area contributed by atoms with E-state index >= 15 is 0 Å². The molecule has 0 bridgehead atoms. The summed E-state index contributed by atoms with van der Waals surface area (Å²) in [5.74, 6) is 0. The lowest BCUT2D eigenvalue weighted by Gasteiger charge is -2.40. The molecule has 2 rings (SSSR count). The van der Waals surface area contributed by atoms with E-state index in [9.17, 15) is 0 Å². The second-order valence-electron chi connectivity index (χ2n) is 6.26. The average molecular weight is 260 g/mol. The van der Waals surface area contributed by atoms with Gasteiger partial charge in [0.2, 0.25) is 0 Å². The number of nitrogens with two attached hydrogens (primary N) is 1. The summed E-state index contributed by atoms with van der Waals surface area (Å²) in [5.41, 5.74) is 9.22. The van der Waals surface area contributed by atoms with Crippen LogP contribution in [0.25, 0.3) is 0 Å². The summed E-state index contributed by atoms with van der Waals surface area (Å²) in [6.07, 6.45) is 4.91. The third kappa shape index (κ3) is 3.30. The second-order valence-corrected chi connectivity index (χ2v) is 6.26. The maximum Gasteiger partial charge on any atom is 0.0366 e. The number of rotatable bonds is 4. The van der Waals surface area contributed by atoms with E-state index < -0.39 is 0 Å². The van der Waals surface area contributed by atoms with Gasteiger partial charge in [0.25, 0.3) is 0 Å². The maximum atomic E-state index is 6.06. The quantitative estimate of drug-likeness (QED) is 0.882. The monoisotopic (exact) mass is 260 g/mol. The highest BCUT2D eigenvalue weighted by molar-refractivity contribution is 5.48. The molecule has 2 N–H and O–H groups in total. The Hall–Kier alpha value is -1.02. The number of hydrogen-bond acceptors (Lipinski definition) is 2. The molecule has 0 amide bonds. The van der Waals surface area contributed by atoms with Gasteiger partial charge in [-0.15, -0.1) is 0 Å². The van der Waals surface area contributed by atoms with Gasteiger partial charge in [0.1, 0.15) is 0 Å². The van der Waals surface area contributed by atoms with E-state index in [2.05, 4.69) is 49.9 Å². The van der Waals surface area contributed by atoms with E-state index in [1.165, 1.54) is 43.6 Å². The zero-order valence-corrected chi connectivity index (χ0v) is 12.7. The summed E-state index contributed by atoms with van der Waals surface area (Å²) >= 11 is 0. The van der Waals surface area contributed by atoms with Gasteiger partial charge in [0.15, 0.2) is 0 Å². The van der Waals surface area contributed by atoms with E-state index in [0.717, 1.165) is 6.42 Å². The van der Waals surface area contributed by atoms with Crippen LogP contribution in [0.2, 0.25) is 0 Å².